The molecule has 0 aliphatic carbocycles. The van der Waals surface area contributed by atoms with Crippen molar-refractivity contribution >= 4 is 11.9 Å². The zero-order chi connectivity index (χ0) is 15.2. The molecule has 1 atom stereocenters. The van der Waals surface area contributed by atoms with E-state index in [9.17, 15) is 9.59 Å². The maximum absolute atomic E-state index is 12.5. The lowest BCUT2D eigenvalue weighted by atomic mass is 10.0. The predicted octanol–water partition coefficient (Wildman–Crippen LogP) is 1.79. The smallest absolute Gasteiger partial charge is 0.328 e. The lowest BCUT2D eigenvalue weighted by Gasteiger charge is -2.33. The fourth-order valence-corrected chi connectivity index (χ4v) is 2.67. The van der Waals surface area contributed by atoms with E-state index in [-0.39, 0.29) is 18.3 Å². The number of carbonyl (C=O) groups is 2. The van der Waals surface area contributed by atoms with E-state index in [4.69, 9.17) is 9.47 Å². The highest BCUT2D eigenvalue weighted by atomic mass is 16.5. The van der Waals surface area contributed by atoms with Crippen LogP contribution in [0.5, 0.6) is 5.75 Å². The van der Waals surface area contributed by atoms with Crippen molar-refractivity contribution < 1.29 is 19.1 Å². The highest BCUT2D eigenvalue weighted by molar-refractivity contribution is 5.86. The van der Waals surface area contributed by atoms with E-state index >= 15 is 0 Å². The van der Waals surface area contributed by atoms with Crippen LogP contribution in [0.2, 0.25) is 0 Å². The Kier molecular flexibility index (Phi) is 5.20. The van der Waals surface area contributed by atoms with Crippen molar-refractivity contribution in [2.75, 3.05) is 20.8 Å². The summed E-state index contributed by atoms with van der Waals surface area (Å²) in [5, 5.41) is 0. The number of rotatable bonds is 4. The number of piperidine rings is 1. The summed E-state index contributed by atoms with van der Waals surface area (Å²) in [7, 11) is 2.96. The van der Waals surface area contributed by atoms with Gasteiger partial charge in [-0.1, -0.05) is 12.1 Å². The van der Waals surface area contributed by atoms with Gasteiger partial charge in [0.25, 0.3) is 0 Å². The Labute approximate surface area is 124 Å². The third kappa shape index (κ3) is 3.74. The number of nitrogens with zero attached hydrogens (tertiary/aromatic N) is 1. The number of benzene rings is 1. The molecule has 0 N–H and O–H groups in total. The molecule has 2 rings (SSSR count). The van der Waals surface area contributed by atoms with Gasteiger partial charge in [-0.2, -0.15) is 0 Å². The van der Waals surface area contributed by atoms with E-state index in [1.165, 1.54) is 7.11 Å². The molecule has 1 heterocycles. The molecule has 5 heteroatoms. The molecule has 1 amide bonds. The number of carbonyl (C=O) groups excluding carboxylic acids is 2. The SMILES string of the molecule is COC(=O)[C@H]1CCCCN1C(=O)Cc1cccc(OC)c1. The lowest BCUT2D eigenvalue weighted by molar-refractivity contribution is -0.154. The predicted molar refractivity (Wildman–Crippen MR) is 78.1 cm³/mol. The summed E-state index contributed by atoms with van der Waals surface area (Å²) in [5.74, 6) is 0.357. The number of hydrogen-bond donors (Lipinski definition) is 0. The molecule has 0 bridgehead atoms. The minimum atomic E-state index is -0.443. The van der Waals surface area contributed by atoms with E-state index in [1.807, 2.05) is 24.3 Å². The largest absolute Gasteiger partial charge is 0.497 e. The van der Waals surface area contributed by atoms with E-state index in [2.05, 4.69) is 0 Å². The first-order valence-corrected chi connectivity index (χ1v) is 7.16. The Morgan fingerprint density at radius 2 is 2.10 bits per heavy atom. The Morgan fingerprint density at radius 1 is 1.29 bits per heavy atom. The van der Waals surface area contributed by atoms with Gasteiger partial charge in [0.15, 0.2) is 0 Å². The molecule has 1 aromatic carbocycles. The van der Waals surface area contributed by atoms with Gasteiger partial charge in [-0.15, -0.1) is 0 Å². The molecule has 1 saturated heterocycles. The number of ether oxygens (including phenoxy) is 2. The zero-order valence-electron chi connectivity index (χ0n) is 12.5. The molecule has 0 spiro atoms. The Balaban J connectivity index is 2.08. The summed E-state index contributed by atoms with van der Waals surface area (Å²) in [6.07, 6.45) is 2.82. The first kappa shape index (κ1) is 15.4. The fourth-order valence-electron chi connectivity index (χ4n) is 2.67. The second-order valence-electron chi connectivity index (χ2n) is 5.15. The first-order chi connectivity index (χ1) is 10.2. The van der Waals surface area contributed by atoms with Crippen molar-refractivity contribution in [1.29, 1.82) is 0 Å². The summed E-state index contributed by atoms with van der Waals surface area (Å²) in [6.45, 7) is 0.614. The summed E-state index contributed by atoms with van der Waals surface area (Å²) in [5.41, 5.74) is 0.883. The Hall–Kier alpha value is -2.04. The van der Waals surface area contributed by atoms with Crippen LogP contribution in [0, 0.1) is 0 Å². The number of methoxy groups -OCH3 is 2. The molecular formula is C16H21NO4. The third-order valence-electron chi connectivity index (χ3n) is 3.79. The van der Waals surface area contributed by atoms with Gasteiger partial charge in [0.1, 0.15) is 11.8 Å². The molecule has 0 aromatic heterocycles. The van der Waals surface area contributed by atoms with Gasteiger partial charge in [-0.25, -0.2) is 4.79 Å². The topological polar surface area (TPSA) is 55.8 Å². The molecule has 1 fully saturated rings. The molecule has 114 valence electrons. The molecule has 1 aliphatic heterocycles. The number of hydrogen-bond acceptors (Lipinski definition) is 4. The van der Waals surface area contributed by atoms with E-state index in [0.717, 1.165) is 24.2 Å². The summed E-state index contributed by atoms with van der Waals surface area (Å²) in [6, 6.07) is 6.98. The molecule has 21 heavy (non-hydrogen) atoms. The molecule has 0 unspecified atom stereocenters. The quantitative estimate of drug-likeness (QED) is 0.794. The van der Waals surface area contributed by atoms with Crippen molar-refractivity contribution in [2.24, 2.45) is 0 Å². The normalized spacial score (nSPS) is 18.2. The highest BCUT2D eigenvalue weighted by Gasteiger charge is 2.32. The fraction of sp³-hybridized carbons (Fsp3) is 0.500. The standard InChI is InChI=1S/C16H21NO4/c1-20-13-7-5-6-12(10-13)11-15(18)17-9-4-3-8-14(17)16(19)21-2/h5-7,10,14H,3-4,8-9,11H2,1-2H3/t14-/m1/s1. The average Bonchev–Trinajstić information content (AvgIpc) is 2.54. The van der Waals surface area contributed by atoms with Crippen LogP contribution in [-0.4, -0.2) is 43.6 Å². The number of likely N-dealkylation sites (tertiary alicyclic amines) is 1. The summed E-state index contributed by atoms with van der Waals surface area (Å²) >= 11 is 0. The maximum Gasteiger partial charge on any atom is 0.328 e. The Morgan fingerprint density at radius 3 is 2.81 bits per heavy atom. The van der Waals surface area contributed by atoms with Crippen LogP contribution >= 0.6 is 0 Å². The number of esters is 1. The van der Waals surface area contributed by atoms with Gasteiger partial charge in [-0.05, 0) is 37.0 Å². The van der Waals surface area contributed by atoms with Crippen LogP contribution in [-0.2, 0) is 20.7 Å². The summed E-state index contributed by atoms with van der Waals surface area (Å²) in [4.78, 5) is 25.9. The van der Waals surface area contributed by atoms with Gasteiger partial charge >= 0.3 is 5.97 Å². The second kappa shape index (κ2) is 7.11. The van der Waals surface area contributed by atoms with Crippen LogP contribution in [0.3, 0.4) is 0 Å². The minimum absolute atomic E-state index is 0.0432. The van der Waals surface area contributed by atoms with E-state index < -0.39 is 6.04 Å². The van der Waals surface area contributed by atoms with Gasteiger partial charge in [0.05, 0.1) is 20.6 Å². The molecule has 0 saturated carbocycles. The Bertz CT molecular complexity index is 515. The zero-order valence-corrected chi connectivity index (χ0v) is 12.5. The molecule has 1 aliphatic rings. The second-order valence-corrected chi connectivity index (χ2v) is 5.15. The van der Waals surface area contributed by atoms with Gasteiger partial charge in [0, 0.05) is 6.54 Å². The van der Waals surface area contributed by atoms with Crippen molar-refractivity contribution in [3.05, 3.63) is 29.8 Å². The van der Waals surface area contributed by atoms with E-state index in [1.54, 1.807) is 12.0 Å². The average molecular weight is 291 g/mol. The van der Waals surface area contributed by atoms with Crippen molar-refractivity contribution in [2.45, 2.75) is 31.7 Å². The lowest BCUT2D eigenvalue weighted by Crippen LogP contribution is -2.49. The molecule has 1 aromatic rings. The highest BCUT2D eigenvalue weighted by Crippen LogP contribution is 2.20. The van der Waals surface area contributed by atoms with Gasteiger partial charge < -0.3 is 14.4 Å². The third-order valence-corrected chi connectivity index (χ3v) is 3.79. The number of amides is 1. The van der Waals surface area contributed by atoms with Crippen molar-refractivity contribution in [3.63, 3.8) is 0 Å². The monoisotopic (exact) mass is 291 g/mol. The summed E-state index contributed by atoms with van der Waals surface area (Å²) < 4.78 is 9.96. The molecular weight excluding hydrogens is 270 g/mol. The van der Waals surface area contributed by atoms with Gasteiger partial charge in [0.2, 0.25) is 5.91 Å². The molecule has 5 nitrogen and oxygen atoms in total. The maximum atomic E-state index is 12.5. The van der Waals surface area contributed by atoms with Crippen molar-refractivity contribution in [1.82, 2.24) is 4.90 Å². The van der Waals surface area contributed by atoms with Crippen LogP contribution in [0.1, 0.15) is 24.8 Å². The van der Waals surface area contributed by atoms with Crippen LogP contribution in [0.25, 0.3) is 0 Å². The van der Waals surface area contributed by atoms with Crippen LogP contribution < -0.4 is 4.74 Å². The molecule has 0 radical (unpaired) electrons. The first-order valence-electron chi connectivity index (χ1n) is 7.16. The van der Waals surface area contributed by atoms with Gasteiger partial charge in [-0.3, -0.25) is 4.79 Å². The van der Waals surface area contributed by atoms with Crippen LogP contribution in [0.4, 0.5) is 0 Å². The van der Waals surface area contributed by atoms with Crippen molar-refractivity contribution in [3.8, 4) is 5.75 Å². The van der Waals surface area contributed by atoms with E-state index in [0.29, 0.717) is 13.0 Å². The minimum Gasteiger partial charge on any atom is -0.497 e. The van der Waals surface area contributed by atoms with Crippen LogP contribution in [0.15, 0.2) is 24.3 Å².